The summed E-state index contributed by atoms with van der Waals surface area (Å²) in [4.78, 5) is 20.2. The first kappa shape index (κ1) is 16.7. The van der Waals surface area contributed by atoms with Crippen LogP contribution in [-0.2, 0) is 26.7 Å². The molecule has 0 radical (unpaired) electrons. The van der Waals surface area contributed by atoms with Crippen molar-refractivity contribution >= 4 is 11.9 Å². The van der Waals surface area contributed by atoms with Crippen molar-refractivity contribution in [1.29, 1.82) is 0 Å². The molecule has 0 saturated carbocycles. The molecule has 6 N–H and O–H groups in total. The summed E-state index contributed by atoms with van der Waals surface area (Å²) in [6.45, 7) is 0. The van der Waals surface area contributed by atoms with Gasteiger partial charge in [-0.1, -0.05) is 0 Å². The second kappa shape index (κ2) is 6.72. The molecule has 15 heavy (non-hydrogen) atoms. The summed E-state index contributed by atoms with van der Waals surface area (Å²) in [5.74, 6) is -3.68. The molecule has 0 aliphatic rings. The number of carbonyl (C=O) groups is 2. The number of aliphatic carboxylic acids is 2. The summed E-state index contributed by atoms with van der Waals surface area (Å²) >= 11 is 0. The van der Waals surface area contributed by atoms with Gasteiger partial charge in [0.15, 0.2) is 12.2 Å². The van der Waals surface area contributed by atoms with E-state index in [1.54, 1.807) is 0 Å². The van der Waals surface area contributed by atoms with Gasteiger partial charge in [0.2, 0.25) is 0 Å². The average molecular weight is 266 g/mol. The van der Waals surface area contributed by atoms with Gasteiger partial charge in [0.1, 0.15) is 12.2 Å². The van der Waals surface area contributed by atoms with Crippen molar-refractivity contribution in [1.82, 2.24) is 0 Å². The second-order valence-electron chi connectivity index (χ2n) is 2.55. The van der Waals surface area contributed by atoms with Crippen LogP contribution < -0.4 is 0 Å². The maximum atomic E-state index is 10.1. The largest absolute Gasteiger partial charge is 0.479 e. The van der Waals surface area contributed by atoms with Gasteiger partial charge in [-0.05, 0) is 0 Å². The van der Waals surface area contributed by atoms with Crippen LogP contribution in [0.1, 0.15) is 0 Å². The van der Waals surface area contributed by atoms with Crippen molar-refractivity contribution in [2.75, 3.05) is 0 Å². The maximum Gasteiger partial charge on any atom is 0.335 e. The third kappa shape index (κ3) is 4.56. The van der Waals surface area contributed by atoms with Crippen LogP contribution in [0.15, 0.2) is 0 Å². The van der Waals surface area contributed by atoms with E-state index in [4.69, 9.17) is 30.6 Å². The van der Waals surface area contributed by atoms with Gasteiger partial charge in [0, 0.05) is 17.1 Å². The minimum Gasteiger partial charge on any atom is -0.479 e. The quantitative estimate of drug-likeness (QED) is 0.281. The number of aliphatic hydroxyl groups excluding tert-OH is 4. The number of rotatable bonds is 5. The molecule has 4 atom stereocenters. The molecule has 0 saturated heterocycles. The van der Waals surface area contributed by atoms with Gasteiger partial charge < -0.3 is 30.6 Å². The van der Waals surface area contributed by atoms with Crippen molar-refractivity contribution in [2.24, 2.45) is 0 Å². The molecule has 0 heterocycles. The Labute approximate surface area is 94.2 Å². The van der Waals surface area contributed by atoms with Crippen molar-refractivity contribution < 1.29 is 57.3 Å². The van der Waals surface area contributed by atoms with Crippen molar-refractivity contribution in [3.8, 4) is 0 Å². The Morgan fingerprint density at radius 2 is 0.933 bits per heavy atom. The summed E-state index contributed by atoms with van der Waals surface area (Å²) in [5, 5.41) is 51.5. The van der Waals surface area contributed by atoms with Crippen molar-refractivity contribution in [3.05, 3.63) is 0 Å². The minimum absolute atomic E-state index is 0. The summed E-state index contributed by atoms with van der Waals surface area (Å²) in [7, 11) is 0. The van der Waals surface area contributed by atoms with Crippen LogP contribution in [0.2, 0.25) is 0 Å². The zero-order chi connectivity index (χ0) is 11.5. The molecule has 0 fully saturated rings. The summed E-state index contributed by atoms with van der Waals surface area (Å²) < 4.78 is 0. The minimum atomic E-state index is -2.36. The Hall–Kier alpha value is -0.701. The molecule has 0 aromatic heterocycles. The zero-order valence-corrected chi connectivity index (χ0v) is 8.27. The predicted octanol–water partition coefficient (Wildman–Crippen LogP) is -3.40. The van der Waals surface area contributed by atoms with Gasteiger partial charge in [-0.3, -0.25) is 0 Å². The van der Waals surface area contributed by atoms with E-state index >= 15 is 0 Å². The second-order valence-corrected chi connectivity index (χ2v) is 2.55. The fourth-order valence-corrected chi connectivity index (χ4v) is 0.666. The standard InChI is InChI=1S/C6H10O8.Fe/c7-1(3(9)5(11)12)2(8)4(10)6(13)14;/h1-4,7-10H,(H,11,12)(H,13,14);/t1-,2+,3+,4-;. The molecule has 90 valence electrons. The van der Waals surface area contributed by atoms with Gasteiger partial charge in [-0.25, -0.2) is 9.59 Å². The van der Waals surface area contributed by atoms with Crippen LogP contribution in [0.5, 0.6) is 0 Å². The van der Waals surface area contributed by atoms with Crippen molar-refractivity contribution in [2.45, 2.75) is 24.4 Å². The van der Waals surface area contributed by atoms with E-state index in [0.717, 1.165) is 0 Å². The Kier molecular flexibility index (Phi) is 7.49. The van der Waals surface area contributed by atoms with E-state index in [1.165, 1.54) is 0 Å². The van der Waals surface area contributed by atoms with E-state index in [2.05, 4.69) is 0 Å². The van der Waals surface area contributed by atoms with Crippen LogP contribution in [0, 0.1) is 0 Å². The molecule has 0 aliphatic heterocycles. The Balaban J connectivity index is 0. The van der Waals surface area contributed by atoms with Gasteiger partial charge in [0.05, 0.1) is 0 Å². The first-order chi connectivity index (χ1) is 6.29. The SMILES string of the molecule is O=C(O)[C@@H](O)[C@H](O)[C@H](O)[C@@H](O)C(=O)O.[Fe]. The van der Waals surface area contributed by atoms with Gasteiger partial charge >= 0.3 is 11.9 Å². The third-order valence-corrected chi connectivity index (χ3v) is 1.50. The Morgan fingerprint density at radius 1 is 0.733 bits per heavy atom. The molecular formula is C6H10FeO8. The van der Waals surface area contributed by atoms with Crippen LogP contribution in [0.3, 0.4) is 0 Å². The van der Waals surface area contributed by atoms with Crippen molar-refractivity contribution in [3.63, 3.8) is 0 Å². The molecule has 8 nitrogen and oxygen atoms in total. The first-order valence-electron chi connectivity index (χ1n) is 3.47. The Morgan fingerprint density at radius 3 is 1.07 bits per heavy atom. The summed E-state index contributed by atoms with van der Waals surface area (Å²) in [5.41, 5.74) is 0. The molecule has 9 heteroatoms. The van der Waals surface area contributed by atoms with E-state index in [0.29, 0.717) is 0 Å². The predicted molar refractivity (Wildman–Crippen MR) is 39.3 cm³/mol. The molecule has 0 spiro atoms. The monoisotopic (exact) mass is 266 g/mol. The van der Waals surface area contributed by atoms with E-state index in [9.17, 15) is 9.59 Å². The van der Waals surface area contributed by atoms with Crippen LogP contribution in [0.4, 0.5) is 0 Å². The number of carboxylic acids is 2. The van der Waals surface area contributed by atoms with Crippen LogP contribution in [0.25, 0.3) is 0 Å². The normalized spacial score (nSPS) is 18.1. The molecule has 0 rings (SSSR count). The molecule has 0 aromatic carbocycles. The number of aliphatic hydroxyl groups is 4. The average Bonchev–Trinajstić information content (AvgIpc) is 2.12. The Bertz CT molecular complexity index is 207. The van der Waals surface area contributed by atoms with E-state index in [-0.39, 0.29) is 17.1 Å². The van der Waals surface area contributed by atoms with E-state index in [1.807, 2.05) is 0 Å². The van der Waals surface area contributed by atoms with Crippen LogP contribution in [-0.4, -0.2) is 67.0 Å². The molecule has 0 amide bonds. The fourth-order valence-electron chi connectivity index (χ4n) is 0.666. The maximum absolute atomic E-state index is 10.1. The van der Waals surface area contributed by atoms with E-state index < -0.39 is 36.4 Å². The van der Waals surface area contributed by atoms with Crippen LogP contribution >= 0.6 is 0 Å². The fraction of sp³-hybridized carbons (Fsp3) is 0.667. The summed E-state index contributed by atoms with van der Waals surface area (Å²) in [6.07, 6.45) is -9.28. The summed E-state index contributed by atoms with van der Waals surface area (Å²) in [6, 6.07) is 0. The topological polar surface area (TPSA) is 156 Å². The molecular weight excluding hydrogens is 256 g/mol. The van der Waals surface area contributed by atoms with Gasteiger partial charge in [-0.15, -0.1) is 0 Å². The molecule has 0 unspecified atom stereocenters. The third-order valence-electron chi connectivity index (χ3n) is 1.50. The smallest absolute Gasteiger partial charge is 0.335 e. The first-order valence-corrected chi connectivity index (χ1v) is 3.47. The molecule has 0 aromatic rings. The number of hydrogen-bond acceptors (Lipinski definition) is 6. The number of carboxylic acid groups (broad SMARTS) is 2. The van der Waals surface area contributed by atoms with Gasteiger partial charge in [-0.2, -0.15) is 0 Å². The number of hydrogen-bond donors (Lipinski definition) is 6. The molecule has 0 aliphatic carbocycles. The zero-order valence-electron chi connectivity index (χ0n) is 7.16. The van der Waals surface area contributed by atoms with Gasteiger partial charge in [0.25, 0.3) is 0 Å². The molecule has 0 bridgehead atoms.